The van der Waals surface area contributed by atoms with Crippen LogP contribution < -0.4 is 5.73 Å². The maximum absolute atomic E-state index is 13.2. The number of halogens is 1. The number of hydrogen-bond acceptors (Lipinski definition) is 3. The molecule has 2 N–H and O–H groups in total. The van der Waals surface area contributed by atoms with Gasteiger partial charge in [0.2, 0.25) is 0 Å². The topological polar surface area (TPSA) is 44.5 Å². The summed E-state index contributed by atoms with van der Waals surface area (Å²) in [5.41, 5.74) is 7.87. The van der Waals surface area contributed by atoms with Crippen LogP contribution in [0.3, 0.4) is 0 Å². The van der Waals surface area contributed by atoms with E-state index in [1.54, 1.807) is 6.07 Å². The van der Waals surface area contributed by atoms with Gasteiger partial charge in [0.05, 0.1) is 11.6 Å². The highest BCUT2D eigenvalue weighted by Gasteiger charge is 2.40. The molecule has 1 aromatic rings. The molecule has 0 spiro atoms. The van der Waals surface area contributed by atoms with E-state index in [1.165, 1.54) is 12.1 Å². The molecule has 4 heteroatoms. The van der Waals surface area contributed by atoms with E-state index in [0.29, 0.717) is 19.8 Å². The predicted molar refractivity (Wildman–Crippen MR) is 72.5 cm³/mol. The van der Waals surface area contributed by atoms with Crippen LogP contribution >= 0.6 is 0 Å². The van der Waals surface area contributed by atoms with Gasteiger partial charge in [0, 0.05) is 32.7 Å². The Labute approximate surface area is 113 Å². The second kappa shape index (κ2) is 5.99. The van der Waals surface area contributed by atoms with Crippen LogP contribution in [0.15, 0.2) is 18.2 Å². The number of hydrogen-bond donors (Lipinski definition) is 1. The van der Waals surface area contributed by atoms with Crippen molar-refractivity contribution >= 4 is 0 Å². The minimum atomic E-state index is -0.393. The zero-order chi connectivity index (χ0) is 13.9. The van der Waals surface area contributed by atoms with Crippen molar-refractivity contribution in [3.8, 4) is 0 Å². The molecule has 0 aliphatic carbocycles. The summed E-state index contributed by atoms with van der Waals surface area (Å²) < 4.78 is 24.6. The fourth-order valence-electron chi connectivity index (χ4n) is 2.82. The lowest BCUT2D eigenvalue weighted by atomic mass is 9.81. The first-order chi connectivity index (χ1) is 9.09. The van der Waals surface area contributed by atoms with Crippen molar-refractivity contribution in [1.29, 1.82) is 0 Å². The fraction of sp³-hybridized carbons (Fsp3) is 0.600. The van der Waals surface area contributed by atoms with Gasteiger partial charge in [0.15, 0.2) is 0 Å². The molecule has 0 radical (unpaired) electrons. The van der Waals surface area contributed by atoms with Crippen LogP contribution in [-0.2, 0) is 9.47 Å². The molecule has 3 nitrogen and oxygen atoms in total. The number of benzene rings is 1. The van der Waals surface area contributed by atoms with Gasteiger partial charge in [-0.25, -0.2) is 4.39 Å². The Hall–Kier alpha value is -0.970. The Morgan fingerprint density at radius 3 is 2.68 bits per heavy atom. The Balaban J connectivity index is 2.30. The summed E-state index contributed by atoms with van der Waals surface area (Å²) in [6, 6.07) is 4.50. The first-order valence-corrected chi connectivity index (χ1v) is 6.82. The van der Waals surface area contributed by atoms with Crippen LogP contribution in [0.1, 0.15) is 36.9 Å². The molecule has 19 heavy (non-hydrogen) atoms. The average molecular weight is 267 g/mol. The maximum atomic E-state index is 13.2. The second-order valence-corrected chi connectivity index (χ2v) is 5.09. The molecule has 1 saturated heterocycles. The summed E-state index contributed by atoms with van der Waals surface area (Å²) in [7, 11) is 0. The van der Waals surface area contributed by atoms with Crippen molar-refractivity contribution in [3.05, 3.63) is 35.1 Å². The molecule has 2 rings (SSSR count). The molecule has 0 amide bonds. The van der Waals surface area contributed by atoms with Crippen molar-refractivity contribution in [1.82, 2.24) is 0 Å². The summed E-state index contributed by atoms with van der Waals surface area (Å²) in [5, 5.41) is 0. The summed E-state index contributed by atoms with van der Waals surface area (Å²) in [6.45, 7) is 5.80. The van der Waals surface area contributed by atoms with E-state index in [0.717, 1.165) is 24.0 Å². The minimum Gasteiger partial charge on any atom is -0.381 e. The van der Waals surface area contributed by atoms with Gasteiger partial charge in [-0.2, -0.15) is 0 Å². The van der Waals surface area contributed by atoms with Gasteiger partial charge in [-0.1, -0.05) is 6.07 Å². The Kier molecular flexibility index (Phi) is 4.55. The van der Waals surface area contributed by atoms with Crippen LogP contribution in [0.25, 0.3) is 0 Å². The molecule has 1 atom stereocenters. The second-order valence-electron chi connectivity index (χ2n) is 5.09. The van der Waals surface area contributed by atoms with Crippen LogP contribution in [-0.4, -0.2) is 25.4 Å². The smallest absolute Gasteiger partial charge is 0.123 e. The van der Waals surface area contributed by atoms with E-state index in [9.17, 15) is 4.39 Å². The highest BCUT2D eigenvalue weighted by atomic mass is 19.1. The Morgan fingerprint density at radius 1 is 1.42 bits per heavy atom. The van der Waals surface area contributed by atoms with Crippen LogP contribution in [0.2, 0.25) is 0 Å². The molecule has 1 aliphatic rings. The number of nitrogens with two attached hydrogens (primary N) is 1. The van der Waals surface area contributed by atoms with Crippen molar-refractivity contribution in [2.75, 3.05) is 19.8 Å². The monoisotopic (exact) mass is 267 g/mol. The zero-order valence-corrected chi connectivity index (χ0v) is 11.6. The third-order valence-corrected chi connectivity index (χ3v) is 3.90. The molecule has 1 aromatic carbocycles. The summed E-state index contributed by atoms with van der Waals surface area (Å²) >= 11 is 0. The molecule has 1 aliphatic heterocycles. The largest absolute Gasteiger partial charge is 0.381 e. The van der Waals surface area contributed by atoms with Gasteiger partial charge in [-0.3, -0.25) is 0 Å². The van der Waals surface area contributed by atoms with Crippen LogP contribution in [0, 0.1) is 12.7 Å². The van der Waals surface area contributed by atoms with Crippen molar-refractivity contribution in [2.24, 2.45) is 5.73 Å². The maximum Gasteiger partial charge on any atom is 0.123 e. The quantitative estimate of drug-likeness (QED) is 0.912. The SMILES string of the molecule is CCOC1(C(N)c2ccc(F)cc2C)CCOCC1. The van der Waals surface area contributed by atoms with Gasteiger partial charge < -0.3 is 15.2 Å². The lowest BCUT2D eigenvalue weighted by Gasteiger charge is -2.42. The molecule has 1 heterocycles. The van der Waals surface area contributed by atoms with Crippen LogP contribution in [0.4, 0.5) is 4.39 Å². The van der Waals surface area contributed by atoms with E-state index in [4.69, 9.17) is 15.2 Å². The normalized spacial score (nSPS) is 20.2. The number of ether oxygens (including phenoxy) is 2. The zero-order valence-electron chi connectivity index (χ0n) is 11.6. The first kappa shape index (κ1) is 14.4. The van der Waals surface area contributed by atoms with Crippen molar-refractivity contribution in [3.63, 3.8) is 0 Å². The molecule has 0 bridgehead atoms. The van der Waals surface area contributed by atoms with E-state index >= 15 is 0 Å². The van der Waals surface area contributed by atoms with Crippen molar-refractivity contribution in [2.45, 2.75) is 38.3 Å². The van der Waals surface area contributed by atoms with Gasteiger partial charge in [-0.05, 0) is 37.1 Å². The first-order valence-electron chi connectivity index (χ1n) is 6.82. The lowest BCUT2D eigenvalue weighted by molar-refractivity contribution is -0.121. The Morgan fingerprint density at radius 2 is 2.11 bits per heavy atom. The van der Waals surface area contributed by atoms with Gasteiger partial charge >= 0.3 is 0 Å². The number of aryl methyl sites for hydroxylation is 1. The molecule has 106 valence electrons. The van der Waals surface area contributed by atoms with Gasteiger partial charge in [0.1, 0.15) is 5.82 Å². The third kappa shape index (κ3) is 2.96. The molecule has 0 saturated carbocycles. The summed E-state index contributed by atoms with van der Waals surface area (Å²) in [5.74, 6) is -0.231. The highest BCUT2D eigenvalue weighted by Crippen LogP contribution is 2.37. The molecule has 0 aromatic heterocycles. The number of rotatable bonds is 4. The highest BCUT2D eigenvalue weighted by molar-refractivity contribution is 5.31. The standard InChI is InChI=1S/C15H22FNO2/c1-3-19-15(6-8-18-9-7-15)14(17)13-5-4-12(16)10-11(13)2/h4-5,10,14H,3,6-9,17H2,1-2H3. The van der Waals surface area contributed by atoms with Gasteiger partial charge in [0.25, 0.3) is 0 Å². The lowest BCUT2D eigenvalue weighted by Crippen LogP contribution is -2.48. The predicted octanol–water partition coefficient (Wildman–Crippen LogP) is 2.72. The van der Waals surface area contributed by atoms with E-state index < -0.39 is 5.60 Å². The average Bonchev–Trinajstić information content (AvgIpc) is 2.39. The van der Waals surface area contributed by atoms with E-state index in [1.807, 2.05) is 13.8 Å². The van der Waals surface area contributed by atoms with Crippen molar-refractivity contribution < 1.29 is 13.9 Å². The summed E-state index contributed by atoms with van der Waals surface area (Å²) in [4.78, 5) is 0. The van der Waals surface area contributed by atoms with E-state index in [2.05, 4.69) is 0 Å². The summed E-state index contributed by atoms with van der Waals surface area (Å²) in [6.07, 6.45) is 1.55. The van der Waals surface area contributed by atoms with Gasteiger partial charge in [-0.15, -0.1) is 0 Å². The molecule has 1 fully saturated rings. The Bertz CT molecular complexity index is 425. The van der Waals surface area contributed by atoms with E-state index in [-0.39, 0.29) is 11.9 Å². The fourth-order valence-corrected chi connectivity index (χ4v) is 2.82. The molecular weight excluding hydrogens is 245 g/mol. The molecular formula is C15H22FNO2. The van der Waals surface area contributed by atoms with Crippen LogP contribution in [0.5, 0.6) is 0 Å². The minimum absolute atomic E-state index is 0.231. The molecule has 1 unspecified atom stereocenters. The third-order valence-electron chi connectivity index (χ3n) is 3.90.